The molecule has 0 saturated heterocycles. The van der Waals surface area contributed by atoms with Crippen LogP contribution in [0.3, 0.4) is 0 Å². The van der Waals surface area contributed by atoms with Crippen molar-refractivity contribution >= 4 is 0 Å². The Balaban J connectivity index is 2.32. The quantitative estimate of drug-likeness (QED) is 0.827. The van der Waals surface area contributed by atoms with Crippen molar-refractivity contribution in [1.29, 1.82) is 0 Å². The maximum atomic E-state index is 6.28. The van der Waals surface area contributed by atoms with Crippen LogP contribution in [0, 0.1) is 13.8 Å². The van der Waals surface area contributed by atoms with Crippen LogP contribution < -0.4 is 5.73 Å². The Hall–Kier alpha value is -1.29. The summed E-state index contributed by atoms with van der Waals surface area (Å²) in [5, 5.41) is 4.40. The van der Waals surface area contributed by atoms with Crippen molar-refractivity contribution in [2.24, 2.45) is 12.8 Å². The molecule has 16 heavy (non-hydrogen) atoms. The first kappa shape index (κ1) is 11.2. The summed E-state index contributed by atoms with van der Waals surface area (Å²) in [6, 6.07) is -0.0750. The standard InChI is InChI=1S/C12H19N3O/c1-8-11(9(2)15(3)14-8)12(13)10-5-4-6-16-7-10/h7,12H,4-6,13H2,1-3H3. The van der Waals surface area contributed by atoms with Crippen molar-refractivity contribution in [3.05, 3.63) is 28.8 Å². The highest BCUT2D eigenvalue weighted by Gasteiger charge is 2.21. The molecular formula is C12H19N3O. The molecule has 1 aromatic heterocycles. The topological polar surface area (TPSA) is 53.1 Å². The van der Waals surface area contributed by atoms with Crippen LogP contribution >= 0.6 is 0 Å². The molecule has 0 fully saturated rings. The lowest BCUT2D eigenvalue weighted by atomic mass is 9.95. The normalized spacial score (nSPS) is 17.9. The molecule has 0 aromatic carbocycles. The lowest BCUT2D eigenvalue weighted by Crippen LogP contribution is -2.17. The van der Waals surface area contributed by atoms with Gasteiger partial charge >= 0.3 is 0 Å². The first-order valence-electron chi connectivity index (χ1n) is 5.67. The third-order valence-corrected chi connectivity index (χ3v) is 3.24. The highest BCUT2D eigenvalue weighted by atomic mass is 16.5. The summed E-state index contributed by atoms with van der Waals surface area (Å²) >= 11 is 0. The Morgan fingerprint density at radius 1 is 1.50 bits per heavy atom. The van der Waals surface area contributed by atoms with Crippen LogP contribution in [0.4, 0.5) is 0 Å². The molecule has 2 heterocycles. The molecule has 0 spiro atoms. The molecule has 1 aliphatic rings. The summed E-state index contributed by atoms with van der Waals surface area (Å²) < 4.78 is 7.23. The lowest BCUT2D eigenvalue weighted by Gasteiger charge is -2.20. The van der Waals surface area contributed by atoms with E-state index in [9.17, 15) is 0 Å². The number of hydrogen-bond donors (Lipinski definition) is 1. The van der Waals surface area contributed by atoms with Gasteiger partial charge in [-0.1, -0.05) is 0 Å². The number of aromatic nitrogens is 2. The van der Waals surface area contributed by atoms with Crippen LogP contribution in [0.2, 0.25) is 0 Å². The number of rotatable bonds is 2. The molecule has 0 saturated carbocycles. The molecule has 4 heteroatoms. The van der Waals surface area contributed by atoms with E-state index >= 15 is 0 Å². The zero-order valence-corrected chi connectivity index (χ0v) is 10.2. The van der Waals surface area contributed by atoms with Crippen LogP contribution in [0.15, 0.2) is 11.8 Å². The van der Waals surface area contributed by atoms with Gasteiger partial charge in [0.15, 0.2) is 0 Å². The number of nitrogens with two attached hydrogens (primary N) is 1. The highest BCUT2D eigenvalue weighted by molar-refractivity contribution is 5.34. The van der Waals surface area contributed by atoms with E-state index in [-0.39, 0.29) is 6.04 Å². The molecule has 1 unspecified atom stereocenters. The second-order valence-electron chi connectivity index (χ2n) is 4.35. The van der Waals surface area contributed by atoms with Crippen LogP contribution in [0.5, 0.6) is 0 Å². The Kier molecular flexibility index (Phi) is 3.01. The van der Waals surface area contributed by atoms with E-state index in [1.807, 2.05) is 24.9 Å². The van der Waals surface area contributed by atoms with Gasteiger partial charge < -0.3 is 10.5 Å². The van der Waals surface area contributed by atoms with Gasteiger partial charge in [0.25, 0.3) is 0 Å². The van der Waals surface area contributed by atoms with Crippen LogP contribution in [0.25, 0.3) is 0 Å². The number of aryl methyl sites for hydroxylation is 2. The van der Waals surface area contributed by atoms with Crippen molar-refractivity contribution in [2.75, 3.05) is 6.61 Å². The average Bonchev–Trinajstić information content (AvgIpc) is 2.54. The van der Waals surface area contributed by atoms with Crippen molar-refractivity contribution in [1.82, 2.24) is 9.78 Å². The van der Waals surface area contributed by atoms with Gasteiger partial charge in [-0.05, 0) is 32.3 Å². The van der Waals surface area contributed by atoms with E-state index in [0.717, 1.165) is 36.4 Å². The second-order valence-corrected chi connectivity index (χ2v) is 4.35. The molecule has 0 bridgehead atoms. The second kappa shape index (κ2) is 4.29. The summed E-state index contributed by atoms with van der Waals surface area (Å²) in [5.41, 5.74) is 10.7. The smallest absolute Gasteiger partial charge is 0.0876 e. The molecule has 2 N–H and O–H groups in total. The van der Waals surface area contributed by atoms with Crippen molar-refractivity contribution in [3.8, 4) is 0 Å². The van der Waals surface area contributed by atoms with E-state index < -0.39 is 0 Å². The Morgan fingerprint density at radius 3 is 2.75 bits per heavy atom. The van der Waals surface area contributed by atoms with Crippen LogP contribution in [0.1, 0.15) is 35.8 Å². The molecule has 4 nitrogen and oxygen atoms in total. The molecule has 0 radical (unpaired) electrons. The third-order valence-electron chi connectivity index (χ3n) is 3.24. The lowest BCUT2D eigenvalue weighted by molar-refractivity contribution is 0.221. The number of nitrogens with zero attached hydrogens (tertiary/aromatic N) is 2. The van der Waals surface area contributed by atoms with Gasteiger partial charge in [0, 0.05) is 18.3 Å². The molecule has 1 atom stereocenters. The van der Waals surface area contributed by atoms with Gasteiger partial charge in [-0.15, -0.1) is 0 Å². The third kappa shape index (κ3) is 1.85. The predicted molar refractivity (Wildman–Crippen MR) is 62.9 cm³/mol. The molecular weight excluding hydrogens is 202 g/mol. The van der Waals surface area contributed by atoms with E-state index in [1.54, 1.807) is 0 Å². The van der Waals surface area contributed by atoms with Crippen LogP contribution in [-0.4, -0.2) is 16.4 Å². The largest absolute Gasteiger partial charge is 0.501 e. The zero-order valence-electron chi connectivity index (χ0n) is 10.2. The Labute approximate surface area is 96.1 Å². The minimum Gasteiger partial charge on any atom is -0.501 e. The number of ether oxygens (including phenoxy) is 1. The molecule has 0 aliphatic carbocycles. The fourth-order valence-electron chi connectivity index (χ4n) is 2.24. The molecule has 0 amide bonds. The monoisotopic (exact) mass is 221 g/mol. The maximum absolute atomic E-state index is 6.28. The summed E-state index contributed by atoms with van der Waals surface area (Å²) in [4.78, 5) is 0. The van der Waals surface area contributed by atoms with Gasteiger partial charge in [-0.25, -0.2) is 0 Å². The average molecular weight is 221 g/mol. The van der Waals surface area contributed by atoms with Gasteiger partial charge in [0.05, 0.1) is 24.6 Å². The van der Waals surface area contributed by atoms with Gasteiger partial charge in [-0.2, -0.15) is 5.10 Å². The van der Waals surface area contributed by atoms with E-state index in [4.69, 9.17) is 10.5 Å². The highest BCUT2D eigenvalue weighted by Crippen LogP contribution is 2.29. The van der Waals surface area contributed by atoms with Crippen LogP contribution in [-0.2, 0) is 11.8 Å². The SMILES string of the molecule is Cc1nn(C)c(C)c1C(N)C1=COCCC1. The van der Waals surface area contributed by atoms with E-state index in [2.05, 4.69) is 12.0 Å². The van der Waals surface area contributed by atoms with E-state index in [1.165, 1.54) is 5.57 Å². The molecule has 1 aliphatic heterocycles. The maximum Gasteiger partial charge on any atom is 0.0876 e. The first-order chi connectivity index (χ1) is 7.61. The summed E-state index contributed by atoms with van der Waals surface area (Å²) in [6.45, 7) is 4.87. The summed E-state index contributed by atoms with van der Waals surface area (Å²) in [7, 11) is 1.95. The Bertz CT molecular complexity index is 420. The van der Waals surface area contributed by atoms with Gasteiger partial charge in [-0.3, -0.25) is 4.68 Å². The van der Waals surface area contributed by atoms with Crippen molar-refractivity contribution in [2.45, 2.75) is 32.7 Å². The summed E-state index contributed by atoms with van der Waals surface area (Å²) in [5.74, 6) is 0. The van der Waals surface area contributed by atoms with Gasteiger partial charge in [0.2, 0.25) is 0 Å². The minimum absolute atomic E-state index is 0.0750. The number of hydrogen-bond acceptors (Lipinski definition) is 3. The zero-order chi connectivity index (χ0) is 11.7. The first-order valence-corrected chi connectivity index (χ1v) is 5.67. The minimum atomic E-state index is -0.0750. The summed E-state index contributed by atoms with van der Waals surface area (Å²) in [6.07, 6.45) is 3.90. The van der Waals surface area contributed by atoms with Gasteiger partial charge in [0.1, 0.15) is 0 Å². The predicted octanol–water partition coefficient (Wildman–Crippen LogP) is 1.73. The fourth-order valence-corrected chi connectivity index (χ4v) is 2.24. The van der Waals surface area contributed by atoms with Crippen molar-refractivity contribution in [3.63, 3.8) is 0 Å². The molecule has 88 valence electrons. The Morgan fingerprint density at radius 2 is 2.25 bits per heavy atom. The van der Waals surface area contributed by atoms with Crippen molar-refractivity contribution < 1.29 is 4.74 Å². The fraction of sp³-hybridized carbons (Fsp3) is 0.583. The molecule has 1 aromatic rings. The molecule has 2 rings (SSSR count). The van der Waals surface area contributed by atoms with E-state index in [0.29, 0.717) is 0 Å².